The van der Waals surface area contributed by atoms with Crippen LogP contribution in [0.3, 0.4) is 0 Å². The second-order valence-electron chi connectivity index (χ2n) is 8.46. The summed E-state index contributed by atoms with van der Waals surface area (Å²) in [5, 5.41) is 0. The summed E-state index contributed by atoms with van der Waals surface area (Å²) >= 11 is 0. The third-order valence-corrected chi connectivity index (χ3v) is 6.52. The standard InChI is InChI=1S/C23H20F3N5O2/c1-29-20(32)8-19(13-5-6-27-9-18(13)26)28-23(29)30(2)21-15-10-31(11-16(15)21)22(33)14-7-12(24)3-4-17(14)25/h3-9,15-16,21H,10-11H2,1-2H3/t15-,16+,21-. The van der Waals surface area contributed by atoms with Gasteiger partial charge in [-0.25, -0.2) is 18.2 Å². The molecule has 3 atom stereocenters. The maximum absolute atomic E-state index is 14.2. The van der Waals surface area contributed by atoms with Crippen LogP contribution in [0.1, 0.15) is 10.4 Å². The highest BCUT2D eigenvalue weighted by Crippen LogP contribution is 2.49. The van der Waals surface area contributed by atoms with E-state index in [1.165, 1.54) is 27.8 Å². The van der Waals surface area contributed by atoms with Gasteiger partial charge in [0.1, 0.15) is 11.6 Å². The maximum Gasteiger partial charge on any atom is 0.256 e. The Morgan fingerprint density at radius 1 is 1.09 bits per heavy atom. The molecular formula is C23H20F3N5O2. The highest BCUT2D eigenvalue weighted by molar-refractivity contribution is 5.95. The van der Waals surface area contributed by atoms with Gasteiger partial charge in [-0.1, -0.05) is 0 Å². The quantitative estimate of drug-likeness (QED) is 0.605. The van der Waals surface area contributed by atoms with Gasteiger partial charge in [-0.05, 0) is 24.3 Å². The number of piperidine rings is 1. The fourth-order valence-electron chi connectivity index (χ4n) is 4.76. The van der Waals surface area contributed by atoms with E-state index in [1.807, 2.05) is 4.90 Å². The molecule has 0 unspecified atom stereocenters. The normalized spacial score (nSPS) is 21.1. The van der Waals surface area contributed by atoms with Crippen molar-refractivity contribution in [2.75, 3.05) is 25.0 Å². The van der Waals surface area contributed by atoms with E-state index in [9.17, 15) is 22.8 Å². The Labute approximate surface area is 187 Å². The number of anilines is 1. The van der Waals surface area contributed by atoms with Crippen LogP contribution in [0.4, 0.5) is 19.1 Å². The first-order valence-electron chi connectivity index (χ1n) is 10.4. The van der Waals surface area contributed by atoms with E-state index in [1.54, 1.807) is 14.1 Å². The summed E-state index contributed by atoms with van der Waals surface area (Å²) in [5.74, 6) is -1.95. The number of rotatable bonds is 4. The molecule has 0 N–H and O–H groups in total. The number of hydrogen-bond acceptors (Lipinski definition) is 5. The van der Waals surface area contributed by atoms with Crippen molar-refractivity contribution in [2.45, 2.75) is 6.04 Å². The number of carbonyl (C=O) groups is 1. The molecule has 0 bridgehead atoms. The molecule has 170 valence electrons. The van der Waals surface area contributed by atoms with E-state index in [0.29, 0.717) is 19.0 Å². The molecule has 33 heavy (non-hydrogen) atoms. The van der Waals surface area contributed by atoms with E-state index in [0.717, 1.165) is 24.4 Å². The minimum atomic E-state index is -0.755. The fraction of sp³-hybridized carbons (Fsp3) is 0.304. The Morgan fingerprint density at radius 2 is 1.82 bits per heavy atom. The topological polar surface area (TPSA) is 71.3 Å². The third kappa shape index (κ3) is 3.55. The summed E-state index contributed by atoms with van der Waals surface area (Å²) < 4.78 is 43.1. The highest BCUT2D eigenvalue weighted by Gasteiger charge is 2.59. The Balaban J connectivity index is 1.35. The number of nitrogens with zero attached hydrogens (tertiary/aromatic N) is 5. The second kappa shape index (κ2) is 7.72. The van der Waals surface area contributed by atoms with Crippen molar-refractivity contribution in [3.8, 4) is 11.3 Å². The van der Waals surface area contributed by atoms with Gasteiger partial charge in [-0.3, -0.25) is 19.1 Å². The molecule has 0 spiro atoms. The fourth-order valence-corrected chi connectivity index (χ4v) is 4.76. The van der Waals surface area contributed by atoms with Crippen molar-refractivity contribution in [3.05, 3.63) is 76.1 Å². The average Bonchev–Trinajstić information content (AvgIpc) is 3.29. The van der Waals surface area contributed by atoms with Gasteiger partial charge in [0.2, 0.25) is 5.95 Å². The number of aromatic nitrogens is 3. The van der Waals surface area contributed by atoms with Crippen LogP contribution >= 0.6 is 0 Å². The lowest BCUT2D eigenvalue weighted by Gasteiger charge is -2.26. The molecule has 1 aliphatic carbocycles. The Morgan fingerprint density at radius 3 is 2.52 bits per heavy atom. The number of amides is 1. The molecule has 0 radical (unpaired) electrons. The van der Waals surface area contributed by atoms with Gasteiger partial charge < -0.3 is 9.80 Å². The van der Waals surface area contributed by atoms with E-state index in [2.05, 4.69) is 9.97 Å². The zero-order chi connectivity index (χ0) is 23.4. The Bertz CT molecular complexity index is 1320. The first-order valence-corrected chi connectivity index (χ1v) is 10.4. The molecule has 5 rings (SSSR count). The minimum Gasteiger partial charge on any atom is -0.342 e. The molecular weight excluding hydrogens is 435 g/mol. The van der Waals surface area contributed by atoms with Crippen molar-refractivity contribution in [2.24, 2.45) is 18.9 Å². The largest absolute Gasteiger partial charge is 0.342 e. The zero-order valence-electron chi connectivity index (χ0n) is 17.9. The van der Waals surface area contributed by atoms with Gasteiger partial charge >= 0.3 is 0 Å². The van der Waals surface area contributed by atoms with E-state index < -0.39 is 23.4 Å². The predicted molar refractivity (Wildman–Crippen MR) is 114 cm³/mol. The van der Waals surface area contributed by atoms with Crippen molar-refractivity contribution in [3.63, 3.8) is 0 Å². The summed E-state index contributed by atoms with van der Waals surface area (Å²) in [7, 11) is 3.39. The van der Waals surface area contributed by atoms with Gasteiger partial charge in [0, 0.05) is 62.9 Å². The highest BCUT2D eigenvalue weighted by atomic mass is 19.1. The molecule has 2 fully saturated rings. The van der Waals surface area contributed by atoms with Crippen molar-refractivity contribution < 1.29 is 18.0 Å². The average molecular weight is 455 g/mol. The lowest BCUT2D eigenvalue weighted by atomic mass is 10.1. The molecule has 1 saturated heterocycles. The number of likely N-dealkylation sites (tertiary alicyclic amines) is 1. The van der Waals surface area contributed by atoms with Crippen molar-refractivity contribution in [1.82, 2.24) is 19.4 Å². The lowest BCUT2D eigenvalue weighted by molar-refractivity contribution is 0.0767. The molecule has 3 heterocycles. The monoisotopic (exact) mass is 455 g/mol. The Hall–Kier alpha value is -3.69. The predicted octanol–water partition coefficient (Wildman–Crippen LogP) is 2.47. The summed E-state index contributed by atoms with van der Waals surface area (Å²) in [4.78, 5) is 36.8. The SMILES string of the molecule is CN(c1nc(-c2ccncc2F)cc(=O)n1C)[C@@H]1[C@@H]2CN(C(=O)c3cc(F)ccc3F)C[C@@H]21. The summed E-state index contributed by atoms with van der Waals surface area (Å²) in [6, 6.07) is 5.58. The van der Waals surface area contributed by atoms with Gasteiger partial charge in [-0.15, -0.1) is 0 Å². The lowest BCUT2D eigenvalue weighted by Crippen LogP contribution is -2.38. The number of pyridine rings is 1. The molecule has 1 aliphatic heterocycles. The number of halogens is 3. The van der Waals surface area contributed by atoms with Crippen LogP contribution in [-0.2, 0) is 7.05 Å². The number of fused-ring (bicyclic) bond motifs is 1. The number of benzene rings is 1. The smallest absolute Gasteiger partial charge is 0.256 e. The zero-order valence-corrected chi connectivity index (χ0v) is 17.9. The number of hydrogen-bond donors (Lipinski definition) is 0. The van der Waals surface area contributed by atoms with Gasteiger partial charge in [0.15, 0.2) is 5.82 Å². The molecule has 1 aromatic carbocycles. The maximum atomic E-state index is 14.2. The van der Waals surface area contributed by atoms with Crippen LogP contribution in [0, 0.1) is 29.3 Å². The molecule has 2 aromatic heterocycles. The Kier molecular flexibility index (Phi) is 4.95. The molecule has 3 aromatic rings. The van der Waals surface area contributed by atoms with Gasteiger partial charge in [0.25, 0.3) is 11.5 Å². The van der Waals surface area contributed by atoms with E-state index in [-0.39, 0.29) is 40.3 Å². The van der Waals surface area contributed by atoms with Crippen LogP contribution in [0.5, 0.6) is 0 Å². The second-order valence-corrected chi connectivity index (χ2v) is 8.46. The molecule has 2 aliphatic rings. The summed E-state index contributed by atoms with van der Waals surface area (Å²) in [5.41, 5.74) is -0.217. The molecule has 1 saturated carbocycles. The molecule has 10 heteroatoms. The van der Waals surface area contributed by atoms with Crippen LogP contribution in [0.15, 0.2) is 47.5 Å². The van der Waals surface area contributed by atoms with Gasteiger partial charge in [-0.2, -0.15) is 0 Å². The van der Waals surface area contributed by atoms with Crippen LogP contribution in [0.25, 0.3) is 11.3 Å². The van der Waals surface area contributed by atoms with Gasteiger partial charge in [0.05, 0.1) is 17.5 Å². The number of carbonyl (C=O) groups excluding carboxylic acids is 1. The summed E-state index contributed by atoms with van der Waals surface area (Å²) in [6.07, 6.45) is 2.50. The van der Waals surface area contributed by atoms with Crippen LogP contribution in [-0.4, -0.2) is 51.5 Å². The molecule has 1 amide bonds. The first kappa shape index (κ1) is 21.2. The molecule has 7 nitrogen and oxygen atoms in total. The summed E-state index contributed by atoms with van der Waals surface area (Å²) in [6.45, 7) is 0.780. The minimum absolute atomic E-state index is 0.0158. The van der Waals surface area contributed by atoms with E-state index >= 15 is 0 Å². The van der Waals surface area contributed by atoms with Crippen LogP contribution < -0.4 is 10.5 Å². The van der Waals surface area contributed by atoms with E-state index in [4.69, 9.17) is 0 Å². The third-order valence-electron chi connectivity index (χ3n) is 6.52. The van der Waals surface area contributed by atoms with Crippen molar-refractivity contribution >= 4 is 11.9 Å². The van der Waals surface area contributed by atoms with Crippen molar-refractivity contribution in [1.29, 1.82) is 0 Å². The first-order chi connectivity index (χ1) is 15.8. The van der Waals surface area contributed by atoms with Crippen LogP contribution in [0.2, 0.25) is 0 Å².